The van der Waals surface area contributed by atoms with E-state index in [-0.39, 0.29) is 17.3 Å². The molecule has 0 bridgehead atoms. The van der Waals surface area contributed by atoms with Crippen LogP contribution in [0, 0.1) is 5.41 Å². The van der Waals surface area contributed by atoms with E-state index in [1.165, 1.54) is 7.11 Å². The second-order valence-electron chi connectivity index (χ2n) is 11.0. The molecule has 7 nitrogen and oxygen atoms in total. The van der Waals surface area contributed by atoms with Gasteiger partial charge in [0.1, 0.15) is 28.7 Å². The summed E-state index contributed by atoms with van der Waals surface area (Å²) in [5.74, 6) is -0.0789. The summed E-state index contributed by atoms with van der Waals surface area (Å²) < 4.78 is 16.7. The van der Waals surface area contributed by atoms with Crippen molar-refractivity contribution in [2.24, 2.45) is 5.41 Å². The van der Waals surface area contributed by atoms with Gasteiger partial charge in [-0.2, -0.15) is 0 Å². The molecule has 1 spiro atoms. The summed E-state index contributed by atoms with van der Waals surface area (Å²) >= 11 is 0. The Hall–Kier alpha value is -5.17. The Bertz CT molecular complexity index is 1790. The first-order valence-electron chi connectivity index (χ1n) is 14.1. The van der Waals surface area contributed by atoms with Gasteiger partial charge in [0.15, 0.2) is 17.3 Å². The normalized spacial score (nSPS) is 20.9. The van der Waals surface area contributed by atoms with E-state index in [1.807, 2.05) is 47.4 Å². The smallest absolute Gasteiger partial charge is 0.185 e. The Morgan fingerprint density at radius 2 is 1.37 bits per heavy atom. The zero-order valence-corrected chi connectivity index (χ0v) is 23.9. The van der Waals surface area contributed by atoms with Gasteiger partial charge in [-0.15, -0.1) is 0 Å². The maximum Gasteiger partial charge on any atom is 0.185 e. The Kier molecular flexibility index (Phi) is 6.20. The van der Waals surface area contributed by atoms with Crippen molar-refractivity contribution in [3.8, 4) is 17.2 Å². The number of rotatable bonds is 6. The average Bonchev–Trinajstić information content (AvgIpc) is 3.50. The Morgan fingerprint density at radius 3 is 2.02 bits per heavy atom. The molecule has 0 unspecified atom stereocenters. The SMILES string of the molecule is COc1ccc(C(=O)[C@H]2[C@@H](c3ccc(OC)cc3OC)C3(C(=O)c4ccccc4C3=O)[C@H]3C=Cc4ccccc4N23)cc1. The number of carbonyl (C=O) groups is 3. The molecule has 1 saturated heterocycles. The molecule has 4 aromatic rings. The van der Waals surface area contributed by atoms with Crippen molar-refractivity contribution in [3.63, 3.8) is 0 Å². The van der Waals surface area contributed by atoms with Gasteiger partial charge in [0.2, 0.25) is 0 Å². The summed E-state index contributed by atoms with van der Waals surface area (Å²) in [5, 5.41) is 0. The van der Waals surface area contributed by atoms with Gasteiger partial charge in [-0.05, 0) is 42.0 Å². The molecular weight excluding hydrogens is 542 g/mol. The van der Waals surface area contributed by atoms with Crippen molar-refractivity contribution < 1.29 is 28.6 Å². The standard InChI is InChI=1S/C36H29NO6/c1-41-23-15-12-22(13-16-23)33(38)32-31(27-18-17-24(42-2)20-29(27)43-3)36(34(39)25-9-5-6-10-26(25)35(36)40)30-19-14-21-8-4-7-11-28(21)37(30)32/h4-20,30-32H,1-3H3/t30-,31-,32-/m1/s1. The minimum Gasteiger partial charge on any atom is -0.497 e. The van der Waals surface area contributed by atoms with Crippen molar-refractivity contribution in [1.82, 2.24) is 0 Å². The van der Waals surface area contributed by atoms with Crippen LogP contribution in [0.15, 0.2) is 97.1 Å². The quantitative estimate of drug-likeness (QED) is 0.207. The van der Waals surface area contributed by atoms with Crippen LogP contribution in [-0.4, -0.2) is 50.8 Å². The van der Waals surface area contributed by atoms with Gasteiger partial charge < -0.3 is 19.1 Å². The van der Waals surface area contributed by atoms with E-state index in [2.05, 4.69) is 0 Å². The predicted molar refractivity (Wildman–Crippen MR) is 163 cm³/mol. The fourth-order valence-corrected chi connectivity index (χ4v) is 7.26. The second-order valence-corrected chi connectivity index (χ2v) is 11.0. The highest BCUT2D eigenvalue weighted by Gasteiger charge is 2.72. The van der Waals surface area contributed by atoms with Gasteiger partial charge in [0, 0.05) is 39.9 Å². The molecular formula is C36H29NO6. The largest absolute Gasteiger partial charge is 0.497 e. The number of Topliss-reactive ketones (excluding diaryl/α,β-unsaturated/α-hetero) is 3. The molecule has 0 saturated carbocycles. The summed E-state index contributed by atoms with van der Waals surface area (Å²) in [5.41, 5.74) is 1.84. The van der Waals surface area contributed by atoms with Crippen molar-refractivity contribution in [2.75, 3.05) is 26.2 Å². The van der Waals surface area contributed by atoms with Gasteiger partial charge in [0.25, 0.3) is 0 Å². The Labute approximate surface area is 249 Å². The number of anilines is 1. The van der Waals surface area contributed by atoms with Gasteiger partial charge >= 0.3 is 0 Å². The molecule has 1 fully saturated rings. The zero-order valence-electron chi connectivity index (χ0n) is 23.9. The minimum atomic E-state index is -1.62. The molecule has 4 aromatic carbocycles. The predicted octanol–water partition coefficient (Wildman–Crippen LogP) is 6.03. The van der Waals surface area contributed by atoms with Gasteiger partial charge in [-0.25, -0.2) is 0 Å². The molecule has 0 N–H and O–H groups in total. The number of ketones is 3. The molecule has 2 heterocycles. The van der Waals surface area contributed by atoms with Crippen LogP contribution in [0.2, 0.25) is 0 Å². The third-order valence-corrected chi connectivity index (χ3v) is 9.13. The maximum atomic E-state index is 14.8. The summed E-state index contributed by atoms with van der Waals surface area (Å²) in [6, 6.07) is 25.3. The molecule has 0 amide bonds. The van der Waals surface area contributed by atoms with Crippen molar-refractivity contribution >= 4 is 29.1 Å². The van der Waals surface area contributed by atoms with Gasteiger partial charge in [0.05, 0.1) is 27.4 Å². The molecule has 1 aliphatic carbocycles. The molecule has 214 valence electrons. The number of nitrogens with zero attached hydrogens (tertiary/aromatic N) is 1. The third kappa shape index (κ3) is 3.64. The highest BCUT2D eigenvalue weighted by molar-refractivity contribution is 6.32. The van der Waals surface area contributed by atoms with E-state index in [1.54, 1.807) is 74.9 Å². The van der Waals surface area contributed by atoms with E-state index < -0.39 is 23.4 Å². The number of carbonyl (C=O) groups excluding carboxylic acids is 3. The molecule has 3 atom stereocenters. The van der Waals surface area contributed by atoms with Crippen LogP contribution in [0.5, 0.6) is 17.2 Å². The molecule has 7 heteroatoms. The first kappa shape index (κ1) is 26.7. The van der Waals surface area contributed by atoms with E-state index in [0.29, 0.717) is 39.5 Å². The lowest BCUT2D eigenvalue weighted by Crippen LogP contribution is -2.48. The van der Waals surface area contributed by atoms with E-state index in [9.17, 15) is 14.4 Å². The molecule has 3 aliphatic rings. The van der Waals surface area contributed by atoms with E-state index in [0.717, 1.165) is 11.3 Å². The van der Waals surface area contributed by atoms with E-state index >= 15 is 0 Å². The van der Waals surface area contributed by atoms with Crippen LogP contribution in [0.1, 0.15) is 48.1 Å². The molecule has 7 rings (SSSR count). The lowest BCUT2D eigenvalue weighted by molar-refractivity contribution is 0.0665. The highest BCUT2D eigenvalue weighted by atomic mass is 16.5. The lowest BCUT2D eigenvalue weighted by Gasteiger charge is -2.37. The summed E-state index contributed by atoms with van der Waals surface area (Å²) in [7, 11) is 4.67. The summed E-state index contributed by atoms with van der Waals surface area (Å²) in [4.78, 5) is 46.5. The van der Waals surface area contributed by atoms with E-state index in [4.69, 9.17) is 14.2 Å². The van der Waals surface area contributed by atoms with Gasteiger partial charge in [-0.3, -0.25) is 14.4 Å². The monoisotopic (exact) mass is 571 g/mol. The second kappa shape index (κ2) is 9.98. The summed E-state index contributed by atoms with van der Waals surface area (Å²) in [6.45, 7) is 0. The van der Waals surface area contributed by atoms with Crippen LogP contribution < -0.4 is 19.1 Å². The van der Waals surface area contributed by atoms with Crippen molar-refractivity contribution in [1.29, 1.82) is 0 Å². The number of hydrogen-bond donors (Lipinski definition) is 0. The minimum absolute atomic E-state index is 0.214. The number of fused-ring (bicyclic) bond motifs is 5. The summed E-state index contributed by atoms with van der Waals surface area (Å²) in [6.07, 6.45) is 3.86. The molecule has 2 aliphatic heterocycles. The highest BCUT2D eigenvalue weighted by Crippen LogP contribution is 2.62. The number of hydrogen-bond acceptors (Lipinski definition) is 7. The number of para-hydroxylation sites is 1. The number of ether oxygens (including phenoxy) is 3. The number of benzene rings is 4. The Balaban J connectivity index is 1.55. The average molecular weight is 572 g/mol. The maximum absolute atomic E-state index is 14.8. The first-order chi connectivity index (χ1) is 20.9. The Morgan fingerprint density at radius 1 is 0.744 bits per heavy atom. The topological polar surface area (TPSA) is 82.1 Å². The lowest BCUT2D eigenvalue weighted by atomic mass is 9.64. The van der Waals surface area contributed by atoms with Crippen LogP contribution in [0.25, 0.3) is 6.08 Å². The zero-order chi connectivity index (χ0) is 29.9. The third-order valence-electron chi connectivity index (χ3n) is 9.13. The molecule has 43 heavy (non-hydrogen) atoms. The fraction of sp³-hybridized carbons (Fsp3) is 0.194. The van der Waals surface area contributed by atoms with Gasteiger partial charge in [-0.1, -0.05) is 60.7 Å². The fourth-order valence-electron chi connectivity index (χ4n) is 7.26. The van der Waals surface area contributed by atoms with Crippen LogP contribution in [0.3, 0.4) is 0 Å². The number of methoxy groups -OCH3 is 3. The van der Waals surface area contributed by atoms with Crippen LogP contribution in [-0.2, 0) is 0 Å². The first-order valence-corrected chi connectivity index (χ1v) is 14.1. The van der Waals surface area contributed by atoms with Crippen LogP contribution in [0.4, 0.5) is 5.69 Å². The molecule has 0 aromatic heterocycles. The van der Waals surface area contributed by atoms with Crippen LogP contribution >= 0.6 is 0 Å². The van der Waals surface area contributed by atoms with Crippen molar-refractivity contribution in [3.05, 3.63) is 125 Å². The van der Waals surface area contributed by atoms with Crippen molar-refractivity contribution in [2.45, 2.75) is 18.0 Å². The molecule has 0 radical (unpaired) electrons.